The molecule has 0 spiro atoms. The van der Waals surface area contributed by atoms with E-state index in [2.05, 4.69) is 21.2 Å². The zero-order valence-electron chi connectivity index (χ0n) is 9.85. The molecule has 18 heavy (non-hydrogen) atoms. The molecule has 0 aromatic carbocycles. The predicted octanol–water partition coefficient (Wildman–Crippen LogP) is 2.89. The highest BCUT2D eigenvalue weighted by Gasteiger charge is 2.17. The standard InChI is InChI=1S/C12H14BrNO3S/c1-2-3-9(12(16)17)14-11(15)7-5-8-4-6-10(13)18-8/h4-7,9H,2-3H2,1H3,(H,14,15)(H,16,17)/b7-5+. The molecule has 0 saturated heterocycles. The maximum Gasteiger partial charge on any atom is 0.326 e. The van der Waals surface area contributed by atoms with Crippen molar-refractivity contribution in [3.8, 4) is 0 Å². The van der Waals surface area contributed by atoms with Gasteiger partial charge in [0.1, 0.15) is 6.04 Å². The summed E-state index contributed by atoms with van der Waals surface area (Å²) in [7, 11) is 0. The van der Waals surface area contributed by atoms with Gasteiger partial charge < -0.3 is 10.4 Å². The van der Waals surface area contributed by atoms with Crippen LogP contribution in [0.2, 0.25) is 0 Å². The molecule has 1 heterocycles. The number of halogens is 1. The summed E-state index contributed by atoms with van der Waals surface area (Å²) >= 11 is 4.82. The largest absolute Gasteiger partial charge is 0.480 e. The van der Waals surface area contributed by atoms with E-state index in [1.165, 1.54) is 17.4 Å². The number of hydrogen-bond acceptors (Lipinski definition) is 3. The number of aliphatic carboxylic acids is 1. The fourth-order valence-electron chi connectivity index (χ4n) is 1.34. The van der Waals surface area contributed by atoms with Gasteiger partial charge in [-0.15, -0.1) is 11.3 Å². The molecule has 0 aliphatic heterocycles. The molecule has 0 bridgehead atoms. The van der Waals surface area contributed by atoms with Gasteiger partial charge in [0.05, 0.1) is 3.79 Å². The first-order valence-electron chi connectivity index (χ1n) is 5.49. The summed E-state index contributed by atoms with van der Waals surface area (Å²) in [6.07, 6.45) is 4.15. The number of nitrogens with one attached hydrogen (secondary N) is 1. The minimum Gasteiger partial charge on any atom is -0.480 e. The first-order valence-corrected chi connectivity index (χ1v) is 7.10. The lowest BCUT2D eigenvalue weighted by atomic mass is 10.1. The predicted molar refractivity (Wildman–Crippen MR) is 75.5 cm³/mol. The number of rotatable bonds is 6. The number of carbonyl (C=O) groups excluding carboxylic acids is 1. The molecule has 0 aliphatic rings. The van der Waals surface area contributed by atoms with Gasteiger partial charge in [0.15, 0.2) is 0 Å². The van der Waals surface area contributed by atoms with Crippen LogP contribution in [0.15, 0.2) is 22.0 Å². The van der Waals surface area contributed by atoms with Crippen molar-refractivity contribution in [2.45, 2.75) is 25.8 Å². The number of carboxylic acid groups (broad SMARTS) is 1. The molecule has 1 amide bonds. The van der Waals surface area contributed by atoms with Crippen LogP contribution in [0.1, 0.15) is 24.6 Å². The molecule has 0 saturated carbocycles. The van der Waals surface area contributed by atoms with Crippen LogP contribution in [0.5, 0.6) is 0 Å². The zero-order chi connectivity index (χ0) is 13.5. The number of hydrogen-bond donors (Lipinski definition) is 2. The second-order valence-electron chi connectivity index (χ2n) is 3.66. The van der Waals surface area contributed by atoms with E-state index in [-0.39, 0.29) is 5.91 Å². The third-order valence-electron chi connectivity index (χ3n) is 2.18. The second-order valence-corrected chi connectivity index (χ2v) is 6.16. The Morgan fingerprint density at radius 2 is 2.28 bits per heavy atom. The molecule has 1 atom stereocenters. The third-order valence-corrected chi connectivity index (χ3v) is 3.77. The molecule has 98 valence electrons. The molecule has 0 radical (unpaired) electrons. The molecule has 1 aromatic rings. The first kappa shape index (κ1) is 14.9. The maximum atomic E-state index is 11.5. The lowest BCUT2D eigenvalue weighted by Gasteiger charge is -2.11. The van der Waals surface area contributed by atoms with Crippen LogP contribution in [0, 0.1) is 0 Å². The molecule has 1 aromatic heterocycles. The Balaban J connectivity index is 2.54. The summed E-state index contributed by atoms with van der Waals surface area (Å²) in [6.45, 7) is 1.88. The van der Waals surface area contributed by atoms with Crippen molar-refractivity contribution in [2.75, 3.05) is 0 Å². The highest BCUT2D eigenvalue weighted by molar-refractivity contribution is 9.11. The summed E-state index contributed by atoms with van der Waals surface area (Å²) in [4.78, 5) is 23.3. The minimum absolute atomic E-state index is 0.389. The maximum absolute atomic E-state index is 11.5. The normalized spacial score (nSPS) is 12.6. The van der Waals surface area contributed by atoms with Crippen molar-refractivity contribution in [2.24, 2.45) is 0 Å². The second kappa shape index (κ2) is 7.33. The van der Waals surface area contributed by atoms with Crippen molar-refractivity contribution in [3.05, 3.63) is 26.9 Å². The third kappa shape index (κ3) is 5.01. The Morgan fingerprint density at radius 1 is 1.56 bits per heavy atom. The van der Waals surface area contributed by atoms with Crippen LogP contribution in [0.25, 0.3) is 6.08 Å². The Labute approximate surface area is 118 Å². The molecule has 0 aliphatic carbocycles. The Bertz CT molecular complexity index is 456. The van der Waals surface area contributed by atoms with Crippen LogP contribution in [-0.2, 0) is 9.59 Å². The monoisotopic (exact) mass is 331 g/mol. The van der Waals surface area contributed by atoms with Gasteiger partial charge in [-0.05, 0) is 40.6 Å². The number of thiophene rings is 1. The SMILES string of the molecule is CCCC(NC(=O)/C=C/c1ccc(Br)s1)C(=O)O. The van der Waals surface area contributed by atoms with E-state index in [0.29, 0.717) is 12.8 Å². The zero-order valence-corrected chi connectivity index (χ0v) is 12.3. The van der Waals surface area contributed by atoms with E-state index >= 15 is 0 Å². The first-order chi connectivity index (χ1) is 8.52. The van der Waals surface area contributed by atoms with Crippen molar-refractivity contribution in [1.29, 1.82) is 0 Å². The molecule has 2 N–H and O–H groups in total. The van der Waals surface area contributed by atoms with E-state index in [9.17, 15) is 9.59 Å². The number of carboxylic acids is 1. The van der Waals surface area contributed by atoms with E-state index in [0.717, 1.165) is 8.66 Å². The number of carbonyl (C=O) groups is 2. The fourth-order valence-corrected chi connectivity index (χ4v) is 2.67. The Kier molecular flexibility index (Phi) is 6.07. The summed E-state index contributed by atoms with van der Waals surface area (Å²) in [5, 5.41) is 11.4. The lowest BCUT2D eigenvalue weighted by molar-refractivity contribution is -0.141. The molecule has 4 nitrogen and oxygen atoms in total. The van der Waals surface area contributed by atoms with Crippen molar-refractivity contribution < 1.29 is 14.7 Å². The molecular weight excluding hydrogens is 318 g/mol. The summed E-state index contributed by atoms with van der Waals surface area (Å²) in [5.74, 6) is -1.39. The smallest absolute Gasteiger partial charge is 0.326 e. The highest BCUT2D eigenvalue weighted by Crippen LogP contribution is 2.22. The van der Waals surface area contributed by atoms with E-state index < -0.39 is 12.0 Å². The van der Waals surface area contributed by atoms with Crippen LogP contribution in [-0.4, -0.2) is 23.0 Å². The van der Waals surface area contributed by atoms with Crippen molar-refractivity contribution in [3.63, 3.8) is 0 Å². The lowest BCUT2D eigenvalue weighted by Crippen LogP contribution is -2.39. The van der Waals surface area contributed by atoms with Crippen LogP contribution in [0.3, 0.4) is 0 Å². The van der Waals surface area contributed by atoms with E-state index in [1.807, 2.05) is 19.1 Å². The molecule has 1 unspecified atom stereocenters. The molecule has 6 heteroatoms. The summed E-state index contributed by atoms with van der Waals surface area (Å²) in [5.41, 5.74) is 0. The van der Waals surface area contributed by atoms with Crippen molar-refractivity contribution >= 4 is 45.2 Å². The Morgan fingerprint density at radius 3 is 2.78 bits per heavy atom. The molecule has 1 rings (SSSR count). The Hall–Kier alpha value is -1.14. The fraction of sp³-hybridized carbons (Fsp3) is 0.333. The number of amides is 1. The quantitative estimate of drug-likeness (QED) is 0.787. The van der Waals surface area contributed by atoms with Crippen LogP contribution < -0.4 is 5.32 Å². The molecule has 0 fully saturated rings. The summed E-state index contributed by atoms with van der Waals surface area (Å²) in [6, 6.07) is 2.95. The van der Waals surface area contributed by atoms with Gasteiger partial charge in [-0.2, -0.15) is 0 Å². The van der Waals surface area contributed by atoms with Crippen LogP contribution >= 0.6 is 27.3 Å². The highest BCUT2D eigenvalue weighted by atomic mass is 79.9. The summed E-state index contributed by atoms with van der Waals surface area (Å²) < 4.78 is 0.983. The van der Waals surface area contributed by atoms with Gasteiger partial charge in [0, 0.05) is 11.0 Å². The van der Waals surface area contributed by atoms with Crippen molar-refractivity contribution in [1.82, 2.24) is 5.32 Å². The van der Waals surface area contributed by atoms with E-state index in [1.54, 1.807) is 6.08 Å². The van der Waals surface area contributed by atoms with Gasteiger partial charge in [-0.3, -0.25) is 4.79 Å². The van der Waals surface area contributed by atoms with Gasteiger partial charge in [-0.25, -0.2) is 4.79 Å². The van der Waals surface area contributed by atoms with E-state index in [4.69, 9.17) is 5.11 Å². The van der Waals surface area contributed by atoms with Gasteiger partial charge in [0.25, 0.3) is 0 Å². The molecular formula is C12H14BrNO3S. The average molecular weight is 332 g/mol. The van der Waals surface area contributed by atoms with Gasteiger partial charge in [-0.1, -0.05) is 13.3 Å². The van der Waals surface area contributed by atoms with Gasteiger partial charge in [0.2, 0.25) is 5.91 Å². The minimum atomic E-state index is -1.00. The average Bonchev–Trinajstić information content (AvgIpc) is 2.72. The van der Waals surface area contributed by atoms with Gasteiger partial charge >= 0.3 is 5.97 Å². The topological polar surface area (TPSA) is 66.4 Å². The van der Waals surface area contributed by atoms with Crippen LogP contribution in [0.4, 0.5) is 0 Å².